The summed E-state index contributed by atoms with van der Waals surface area (Å²) in [7, 11) is 0. The molecular formula is C20H15N3O5. The highest BCUT2D eigenvalue weighted by Crippen LogP contribution is 2.34. The van der Waals surface area contributed by atoms with Gasteiger partial charge in [0.1, 0.15) is 5.75 Å². The molecular weight excluding hydrogens is 362 g/mol. The van der Waals surface area contributed by atoms with Gasteiger partial charge in [0.2, 0.25) is 5.75 Å². The largest absolute Gasteiger partial charge is 0.450 e. The zero-order chi connectivity index (χ0) is 20.1. The van der Waals surface area contributed by atoms with Crippen molar-refractivity contribution in [3.8, 4) is 11.5 Å². The highest BCUT2D eigenvalue weighted by Gasteiger charge is 2.21. The number of nitro groups is 2. The van der Waals surface area contributed by atoms with Crippen LogP contribution < -0.4 is 4.74 Å². The van der Waals surface area contributed by atoms with Crippen molar-refractivity contribution in [2.24, 2.45) is 4.99 Å². The first-order valence-corrected chi connectivity index (χ1v) is 8.24. The van der Waals surface area contributed by atoms with E-state index in [0.717, 1.165) is 28.9 Å². The third-order valence-corrected chi connectivity index (χ3v) is 3.85. The molecule has 0 amide bonds. The van der Waals surface area contributed by atoms with E-state index in [2.05, 4.69) is 4.99 Å². The van der Waals surface area contributed by atoms with E-state index >= 15 is 0 Å². The molecule has 0 aromatic heterocycles. The standard InChI is InChI=1S/C20H15N3O5/c1-14-2-6-16(7-3-14)21-13-15-4-9-18(10-5-15)28-20-11-8-17(22(24)25)12-19(20)23(26)27/h2-13H,1H3. The number of aliphatic imine (C=N–C) groups is 1. The van der Waals surface area contributed by atoms with Crippen LogP contribution in [0, 0.1) is 27.2 Å². The van der Waals surface area contributed by atoms with Crippen LogP contribution in [0.15, 0.2) is 71.7 Å². The van der Waals surface area contributed by atoms with Crippen LogP contribution in [0.25, 0.3) is 0 Å². The molecule has 0 bridgehead atoms. The van der Waals surface area contributed by atoms with Crippen molar-refractivity contribution < 1.29 is 14.6 Å². The maximum atomic E-state index is 11.2. The van der Waals surface area contributed by atoms with E-state index in [1.165, 1.54) is 6.07 Å². The molecule has 0 saturated carbocycles. The number of hydrogen-bond acceptors (Lipinski definition) is 6. The van der Waals surface area contributed by atoms with Crippen LogP contribution in [0.3, 0.4) is 0 Å². The molecule has 0 radical (unpaired) electrons. The molecule has 140 valence electrons. The van der Waals surface area contributed by atoms with Gasteiger partial charge in [-0.15, -0.1) is 0 Å². The molecule has 0 unspecified atom stereocenters. The Morgan fingerprint density at radius 3 is 2.18 bits per heavy atom. The summed E-state index contributed by atoms with van der Waals surface area (Å²) in [6.45, 7) is 2.00. The van der Waals surface area contributed by atoms with E-state index in [-0.39, 0.29) is 11.4 Å². The lowest BCUT2D eigenvalue weighted by atomic mass is 10.2. The molecule has 0 aliphatic heterocycles. The number of ether oxygens (including phenoxy) is 1. The van der Waals surface area contributed by atoms with Gasteiger partial charge in [0.25, 0.3) is 5.69 Å². The second-order valence-corrected chi connectivity index (χ2v) is 5.93. The topological polar surface area (TPSA) is 108 Å². The Morgan fingerprint density at radius 1 is 0.893 bits per heavy atom. The number of non-ortho nitro benzene ring substituents is 1. The number of nitro benzene ring substituents is 2. The highest BCUT2D eigenvalue weighted by atomic mass is 16.6. The van der Waals surface area contributed by atoms with E-state index in [4.69, 9.17) is 4.74 Å². The van der Waals surface area contributed by atoms with E-state index < -0.39 is 15.5 Å². The van der Waals surface area contributed by atoms with Gasteiger partial charge in [-0.05, 0) is 55.0 Å². The monoisotopic (exact) mass is 377 g/mol. The minimum absolute atomic E-state index is 0.0725. The average Bonchev–Trinajstić information content (AvgIpc) is 2.68. The van der Waals surface area contributed by atoms with Gasteiger partial charge in [0.05, 0.1) is 21.6 Å². The Bertz CT molecular complexity index is 1040. The highest BCUT2D eigenvalue weighted by molar-refractivity contribution is 5.82. The van der Waals surface area contributed by atoms with E-state index in [0.29, 0.717) is 5.75 Å². The van der Waals surface area contributed by atoms with Crippen molar-refractivity contribution in [1.29, 1.82) is 0 Å². The van der Waals surface area contributed by atoms with Crippen LogP contribution >= 0.6 is 0 Å². The van der Waals surface area contributed by atoms with E-state index in [1.807, 2.05) is 31.2 Å². The SMILES string of the molecule is Cc1ccc(N=Cc2ccc(Oc3ccc([N+](=O)[O-])cc3[N+](=O)[O-])cc2)cc1. The summed E-state index contributed by atoms with van der Waals surface area (Å²) in [4.78, 5) is 24.9. The van der Waals surface area contributed by atoms with Crippen molar-refractivity contribution in [3.05, 3.63) is 98.1 Å². The molecule has 0 N–H and O–H groups in total. The molecule has 3 aromatic carbocycles. The average molecular weight is 377 g/mol. The van der Waals surface area contributed by atoms with Crippen LogP contribution in [0.1, 0.15) is 11.1 Å². The molecule has 3 rings (SSSR count). The molecule has 8 nitrogen and oxygen atoms in total. The van der Waals surface area contributed by atoms with Crippen molar-refractivity contribution in [1.82, 2.24) is 0 Å². The number of nitrogens with zero attached hydrogens (tertiary/aromatic N) is 3. The summed E-state index contributed by atoms with van der Waals surface area (Å²) in [6, 6.07) is 17.8. The first kappa shape index (κ1) is 18.7. The van der Waals surface area contributed by atoms with Gasteiger partial charge in [-0.1, -0.05) is 17.7 Å². The van der Waals surface area contributed by atoms with Crippen molar-refractivity contribution in [2.45, 2.75) is 6.92 Å². The van der Waals surface area contributed by atoms with Gasteiger partial charge >= 0.3 is 5.69 Å². The molecule has 0 fully saturated rings. The summed E-state index contributed by atoms with van der Waals surface area (Å²) in [5.74, 6) is 0.293. The van der Waals surface area contributed by atoms with Crippen LogP contribution in [-0.4, -0.2) is 16.1 Å². The van der Waals surface area contributed by atoms with E-state index in [9.17, 15) is 20.2 Å². The predicted octanol–water partition coefficient (Wildman–Crippen LogP) is 5.35. The lowest BCUT2D eigenvalue weighted by molar-refractivity contribution is -0.394. The molecule has 28 heavy (non-hydrogen) atoms. The molecule has 0 aliphatic rings. The molecule has 8 heteroatoms. The molecule has 3 aromatic rings. The number of hydrogen-bond donors (Lipinski definition) is 0. The van der Waals surface area contributed by atoms with Gasteiger partial charge in [-0.2, -0.15) is 0 Å². The van der Waals surface area contributed by atoms with Gasteiger partial charge in [-0.3, -0.25) is 25.2 Å². The molecule has 0 atom stereocenters. The Labute approximate surface area is 160 Å². The molecule has 0 aliphatic carbocycles. The third kappa shape index (κ3) is 4.55. The second-order valence-electron chi connectivity index (χ2n) is 5.93. The van der Waals surface area contributed by atoms with Gasteiger partial charge in [-0.25, -0.2) is 0 Å². The fourth-order valence-electron chi connectivity index (χ4n) is 2.38. The summed E-state index contributed by atoms with van der Waals surface area (Å²) in [6.07, 6.45) is 1.70. The summed E-state index contributed by atoms with van der Waals surface area (Å²) >= 11 is 0. The maximum Gasteiger partial charge on any atom is 0.318 e. The Morgan fingerprint density at radius 2 is 1.57 bits per heavy atom. The van der Waals surface area contributed by atoms with Gasteiger partial charge in [0.15, 0.2) is 0 Å². The van der Waals surface area contributed by atoms with Crippen LogP contribution in [0.5, 0.6) is 11.5 Å². The normalized spacial score (nSPS) is 10.8. The Balaban J connectivity index is 1.76. The lowest BCUT2D eigenvalue weighted by Crippen LogP contribution is -1.96. The molecule has 0 spiro atoms. The van der Waals surface area contributed by atoms with Crippen LogP contribution in [0.4, 0.5) is 17.1 Å². The number of benzene rings is 3. The molecule has 0 heterocycles. The van der Waals surface area contributed by atoms with Crippen molar-refractivity contribution >= 4 is 23.3 Å². The molecule has 0 saturated heterocycles. The quantitative estimate of drug-likeness (QED) is 0.327. The maximum absolute atomic E-state index is 11.2. The van der Waals surface area contributed by atoms with Gasteiger partial charge in [0, 0.05) is 12.3 Å². The Kier molecular flexibility index (Phi) is 5.40. The number of rotatable bonds is 6. The predicted molar refractivity (Wildman–Crippen MR) is 105 cm³/mol. The minimum atomic E-state index is -0.717. The summed E-state index contributed by atoms with van der Waals surface area (Å²) in [5, 5.41) is 22.0. The number of aryl methyl sites for hydroxylation is 1. The van der Waals surface area contributed by atoms with Gasteiger partial charge < -0.3 is 4.74 Å². The summed E-state index contributed by atoms with van der Waals surface area (Å²) < 4.78 is 5.53. The van der Waals surface area contributed by atoms with Crippen molar-refractivity contribution in [3.63, 3.8) is 0 Å². The van der Waals surface area contributed by atoms with Crippen LogP contribution in [-0.2, 0) is 0 Å². The van der Waals surface area contributed by atoms with Crippen LogP contribution in [0.2, 0.25) is 0 Å². The third-order valence-electron chi connectivity index (χ3n) is 3.85. The second kappa shape index (κ2) is 8.09. The fourth-order valence-corrected chi connectivity index (χ4v) is 2.38. The van der Waals surface area contributed by atoms with E-state index in [1.54, 1.807) is 30.5 Å². The fraction of sp³-hybridized carbons (Fsp3) is 0.0500. The zero-order valence-electron chi connectivity index (χ0n) is 14.8. The minimum Gasteiger partial charge on any atom is -0.450 e. The zero-order valence-corrected chi connectivity index (χ0v) is 14.8. The smallest absolute Gasteiger partial charge is 0.318 e. The Hall–Kier alpha value is -4.07. The first-order valence-electron chi connectivity index (χ1n) is 8.24. The lowest BCUT2D eigenvalue weighted by Gasteiger charge is -2.06. The first-order chi connectivity index (χ1) is 13.4. The summed E-state index contributed by atoms with van der Waals surface area (Å²) in [5.41, 5.74) is 1.96. The van der Waals surface area contributed by atoms with Crippen molar-refractivity contribution in [2.75, 3.05) is 0 Å².